The van der Waals surface area contributed by atoms with Crippen LogP contribution in [0.4, 0.5) is 5.69 Å². The molecule has 0 bridgehead atoms. The Morgan fingerprint density at radius 1 is 1.19 bits per heavy atom. The van der Waals surface area contributed by atoms with E-state index < -0.39 is 5.66 Å². The Bertz CT molecular complexity index is 903. The molecular formula is C23H26N2O2. The Morgan fingerprint density at radius 3 is 2.81 bits per heavy atom. The number of carbonyl (C=O) groups excluding carboxylic acids is 1. The molecular weight excluding hydrogens is 336 g/mol. The predicted molar refractivity (Wildman–Crippen MR) is 109 cm³/mol. The third-order valence-corrected chi connectivity index (χ3v) is 5.83. The molecule has 1 N–H and O–H groups in total. The van der Waals surface area contributed by atoms with Crippen LogP contribution in [-0.4, -0.2) is 24.7 Å². The molecule has 1 fully saturated rings. The number of hydrogen-bond donors (Lipinski definition) is 1. The Kier molecular flexibility index (Phi) is 4.22. The highest BCUT2D eigenvalue weighted by molar-refractivity contribution is 5.84. The van der Waals surface area contributed by atoms with E-state index in [1.165, 1.54) is 11.3 Å². The number of anilines is 1. The zero-order valence-corrected chi connectivity index (χ0v) is 16.2. The van der Waals surface area contributed by atoms with Gasteiger partial charge in [-0.05, 0) is 42.3 Å². The minimum atomic E-state index is -0.576. The van der Waals surface area contributed by atoms with E-state index in [0.29, 0.717) is 13.0 Å². The summed E-state index contributed by atoms with van der Waals surface area (Å²) in [5, 5.41) is 3.31. The number of benzene rings is 2. The second-order valence-corrected chi connectivity index (χ2v) is 7.70. The molecule has 1 atom stereocenters. The molecule has 2 aliphatic heterocycles. The van der Waals surface area contributed by atoms with Gasteiger partial charge in [0.1, 0.15) is 11.4 Å². The highest BCUT2D eigenvalue weighted by atomic mass is 16.5. The normalized spacial score (nSPS) is 23.1. The molecule has 2 aliphatic rings. The summed E-state index contributed by atoms with van der Waals surface area (Å²) in [5.74, 6) is 0.954. The first-order chi connectivity index (χ1) is 13.0. The predicted octanol–water partition coefficient (Wildman–Crippen LogP) is 4.11. The van der Waals surface area contributed by atoms with Crippen molar-refractivity contribution < 1.29 is 9.53 Å². The van der Waals surface area contributed by atoms with Gasteiger partial charge in [-0.2, -0.15) is 0 Å². The Labute approximate surface area is 160 Å². The summed E-state index contributed by atoms with van der Waals surface area (Å²) in [6.45, 7) is 7.75. The maximum absolute atomic E-state index is 12.4. The maximum Gasteiger partial charge on any atom is 0.223 e. The summed E-state index contributed by atoms with van der Waals surface area (Å²) in [4.78, 5) is 14.7. The van der Waals surface area contributed by atoms with Crippen LogP contribution in [0.2, 0.25) is 0 Å². The molecule has 1 amide bonds. The number of para-hydroxylation sites is 1. The quantitative estimate of drug-likeness (QED) is 0.890. The zero-order chi connectivity index (χ0) is 19.1. The first-order valence-electron chi connectivity index (χ1n) is 9.58. The largest absolute Gasteiger partial charge is 0.494 e. The van der Waals surface area contributed by atoms with Gasteiger partial charge in [0.2, 0.25) is 5.91 Å². The lowest BCUT2D eigenvalue weighted by Gasteiger charge is -2.49. The number of rotatable bonds is 4. The first kappa shape index (κ1) is 17.7. The molecule has 1 unspecified atom stereocenters. The molecule has 2 aromatic carbocycles. The van der Waals surface area contributed by atoms with Crippen LogP contribution in [-0.2, 0) is 10.2 Å². The lowest BCUT2D eigenvalue weighted by molar-refractivity contribution is -0.124. The minimum absolute atomic E-state index is 0.0971. The minimum Gasteiger partial charge on any atom is -0.494 e. The van der Waals surface area contributed by atoms with Crippen LogP contribution in [0.3, 0.4) is 0 Å². The Balaban J connectivity index is 1.78. The smallest absolute Gasteiger partial charge is 0.223 e. The number of amides is 1. The number of nitrogens with one attached hydrogen (secondary N) is 1. The number of carbonyl (C=O) groups is 1. The Morgan fingerprint density at radius 2 is 2.00 bits per heavy atom. The van der Waals surface area contributed by atoms with E-state index in [-0.39, 0.29) is 11.3 Å². The fraction of sp³-hybridized carbons (Fsp3) is 0.348. The van der Waals surface area contributed by atoms with Crippen LogP contribution >= 0.6 is 0 Å². The van der Waals surface area contributed by atoms with Crippen molar-refractivity contribution in [3.05, 3.63) is 65.7 Å². The van der Waals surface area contributed by atoms with Crippen LogP contribution in [0.1, 0.15) is 38.3 Å². The molecule has 0 aliphatic carbocycles. The van der Waals surface area contributed by atoms with Gasteiger partial charge >= 0.3 is 0 Å². The van der Waals surface area contributed by atoms with E-state index in [9.17, 15) is 4.79 Å². The molecule has 140 valence electrons. The molecule has 2 heterocycles. The van der Waals surface area contributed by atoms with Crippen molar-refractivity contribution in [1.82, 2.24) is 5.32 Å². The Hall–Kier alpha value is -2.75. The van der Waals surface area contributed by atoms with E-state index in [4.69, 9.17) is 4.74 Å². The molecule has 4 nitrogen and oxygen atoms in total. The van der Waals surface area contributed by atoms with Crippen molar-refractivity contribution in [3.63, 3.8) is 0 Å². The third-order valence-electron chi connectivity index (χ3n) is 5.83. The second-order valence-electron chi connectivity index (χ2n) is 7.70. The van der Waals surface area contributed by atoms with Crippen molar-refractivity contribution in [3.8, 4) is 5.75 Å². The van der Waals surface area contributed by atoms with Crippen molar-refractivity contribution in [2.75, 3.05) is 18.1 Å². The molecule has 27 heavy (non-hydrogen) atoms. The number of fused-ring (bicyclic) bond motifs is 3. The van der Waals surface area contributed by atoms with Crippen LogP contribution in [0.25, 0.3) is 6.08 Å². The van der Waals surface area contributed by atoms with Gasteiger partial charge in [-0.3, -0.25) is 4.79 Å². The monoisotopic (exact) mass is 362 g/mol. The van der Waals surface area contributed by atoms with Crippen LogP contribution in [0, 0.1) is 0 Å². The lowest BCUT2D eigenvalue weighted by Crippen LogP contribution is -2.68. The molecule has 0 spiro atoms. The van der Waals surface area contributed by atoms with Crippen LogP contribution in [0.5, 0.6) is 5.75 Å². The molecule has 4 rings (SSSR count). The fourth-order valence-corrected chi connectivity index (χ4v) is 4.41. The molecule has 0 saturated carbocycles. The van der Waals surface area contributed by atoms with Crippen molar-refractivity contribution in [1.29, 1.82) is 0 Å². The van der Waals surface area contributed by atoms with Crippen molar-refractivity contribution >= 4 is 17.7 Å². The van der Waals surface area contributed by atoms with Gasteiger partial charge in [-0.1, -0.05) is 50.3 Å². The summed E-state index contributed by atoms with van der Waals surface area (Å²) in [6, 6.07) is 16.5. The molecule has 2 aromatic rings. The molecule has 4 heteroatoms. The number of nitrogens with zero attached hydrogens (tertiary/aromatic N) is 1. The molecule has 0 radical (unpaired) electrons. The summed E-state index contributed by atoms with van der Waals surface area (Å²) in [6.07, 6.45) is 4.75. The zero-order valence-electron chi connectivity index (χ0n) is 16.2. The average Bonchev–Trinajstić information content (AvgIpc) is 2.85. The third kappa shape index (κ3) is 2.71. The van der Waals surface area contributed by atoms with E-state index in [1.807, 2.05) is 25.1 Å². The van der Waals surface area contributed by atoms with Crippen molar-refractivity contribution in [2.24, 2.45) is 0 Å². The topological polar surface area (TPSA) is 41.6 Å². The molecule has 0 aromatic heterocycles. The van der Waals surface area contributed by atoms with Gasteiger partial charge in [-0.15, -0.1) is 0 Å². The van der Waals surface area contributed by atoms with Gasteiger partial charge < -0.3 is 15.0 Å². The van der Waals surface area contributed by atoms with E-state index in [1.54, 1.807) is 0 Å². The first-order valence-corrected chi connectivity index (χ1v) is 9.58. The van der Waals surface area contributed by atoms with E-state index >= 15 is 0 Å². The number of ether oxygens (including phenoxy) is 1. The standard InChI is InChI=1S/C23H26N2O2/c1-4-27-18-9-7-8-17(16-18)12-14-23-22(2,3)19-10-5-6-11-20(19)25(23)15-13-21(26)24-23/h5-12,14,16H,4,13,15H2,1-3H3,(H,24,26). The van der Waals surface area contributed by atoms with Gasteiger partial charge in [0.05, 0.1) is 6.61 Å². The molecule has 1 saturated heterocycles. The summed E-state index contributed by atoms with van der Waals surface area (Å²) < 4.78 is 5.62. The lowest BCUT2D eigenvalue weighted by atomic mass is 9.74. The van der Waals surface area contributed by atoms with Crippen LogP contribution in [0.15, 0.2) is 54.6 Å². The van der Waals surface area contributed by atoms with E-state index in [0.717, 1.165) is 17.9 Å². The summed E-state index contributed by atoms with van der Waals surface area (Å²) in [7, 11) is 0. The highest BCUT2D eigenvalue weighted by Crippen LogP contribution is 2.52. The average molecular weight is 362 g/mol. The second kappa shape index (κ2) is 6.45. The van der Waals surface area contributed by atoms with Gasteiger partial charge in [0.25, 0.3) is 0 Å². The fourth-order valence-electron chi connectivity index (χ4n) is 4.41. The SMILES string of the molecule is CCOc1cccc(C=CC23NC(=O)CCN2c2ccccc2C3(C)C)c1. The highest BCUT2D eigenvalue weighted by Gasteiger charge is 2.57. The maximum atomic E-state index is 12.4. The summed E-state index contributed by atoms with van der Waals surface area (Å²) in [5.41, 5.74) is 2.69. The van der Waals surface area contributed by atoms with Crippen molar-refractivity contribution in [2.45, 2.75) is 38.3 Å². The van der Waals surface area contributed by atoms with Crippen LogP contribution < -0.4 is 15.0 Å². The van der Waals surface area contributed by atoms with Gasteiger partial charge in [0, 0.05) is 24.1 Å². The van der Waals surface area contributed by atoms with E-state index in [2.05, 4.69) is 66.5 Å². The number of hydrogen-bond acceptors (Lipinski definition) is 3. The summed E-state index contributed by atoms with van der Waals surface area (Å²) >= 11 is 0. The van der Waals surface area contributed by atoms with Gasteiger partial charge in [0.15, 0.2) is 0 Å². The van der Waals surface area contributed by atoms with Gasteiger partial charge in [-0.25, -0.2) is 0 Å².